The molecule has 0 unspecified atom stereocenters. The molecule has 4 nitrogen and oxygen atoms in total. The first-order chi connectivity index (χ1) is 39.1. The molecule has 0 spiro atoms. The Morgan fingerprint density at radius 2 is 0.675 bits per heavy atom. The van der Waals surface area contributed by atoms with Crippen molar-refractivity contribution in [2.45, 2.75) is 80.1 Å². The van der Waals surface area contributed by atoms with Gasteiger partial charge in [-0.25, -0.2) is 0 Å². The van der Waals surface area contributed by atoms with Crippen LogP contribution in [-0.4, -0.2) is 0 Å². The van der Waals surface area contributed by atoms with Crippen LogP contribution in [0.4, 0.5) is 34.1 Å². The lowest BCUT2D eigenvalue weighted by atomic mass is 9.84. The van der Waals surface area contributed by atoms with Crippen molar-refractivity contribution in [1.82, 2.24) is 0 Å². The summed E-state index contributed by atoms with van der Waals surface area (Å²) >= 11 is 0. The molecule has 0 fully saturated rings. The van der Waals surface area contributed by atoms with Gasteiger partial charge in [-0.05, 0) is 142 Å². The summed E-state index contributed by atoms with van der Waals surface area (Å²) in [6, 6.07) is 76.6. The predicted molar refractivity (Wildman–Crippen MR) is 341 cm³/mol. The molecule has 0 aliphatic carbocycles. The molecule has 0 aliphatic heterocycles. The van der Waals surface area contributed by atoms with E-state index in [4.69, 9.17) is 8.83 Å². The van der Waals surface area contributed by atoms with Crippen LogP contribution in [-0.2, 0) is 12.8 Å². The number of rotatable bonds is 12. The van der Waals surface area contributed by atoms with Gasteiger partial charge >= 0.3 is 0 Å². The maximum absolute atomic E-state index is 7.33. The van der Waals surface area contributed by atoms with Gasteiger partial charge in [-0.3, -0.25) is 0 Å². The Morgan fingerprint density at radius 1 is 0.325 bits per heavy atom. The largest absolute Gasteiger partial charge is 0.453 e. The summed E-state index contributed by atoms with van der Waals surface area (Å²) < 4.78 is 14.7. The first kappa shape index (κ1) is 49.2. The van der Waals surface area contributed by atoms with Crippen LogP contribution >= 0.6 is 0 Å². The Kier molecular flexibility index (Phi) is 11.9. The second-order valence-corrected chi connectivity index (χ2v) is 22.6. The van der Waals surface area contributed by atoms with E-state index in [2.05, 4.69) is 271 Å². The second-order valence-electron chi connectivity index (χ2n) is 22.6. The Bertz CT molecular complexity index is 4410. The number of hydrogen-bond acceptors (Lipinski definition) is 4. The molecule has 12 aromatic carbocycles. The molecule has 2 aromatic heterocycles. The highest BCUT2D eigenvalue weighted by atomic mass is 16.3. The van der Waals surface area contributed by atoms with Gasteiger partial charge in [0.1, 0.15) is 11.2 Å². The van der Waals surface area contributed by atoms with Crippen LogP contribution in [0.2, 0.25) is 0 Å². The summed E-state index contributed by atoms with van der Waals surface area (Å²) in [4.78, 5) is 4.94. The maximum Gasteiger partial charge on any atom is 0.159 e. The maximum atomic E-state index is 7.33. The highest BCUT2D eigenvalue weighted by molar-refractivity contribution is 6.30. The fraction of sp³-hybridized carbons (Fsp3) is 0.158. The zero-order valence-corrected chi connectivity index (χ0v) is 46.9. The number of aryl methyl sites for hydroxylation is 4. The SMILES string of the molecule is CCc1ccccc1-c1cccc2c1oc1c(N(c3ccc(C)cc3)c3cc(C(C)C)c4ccc5c(N(c6ccc(C)cc6)c6cccc7c6oc6c(-c8ccccc8CC)cccc67)cc(C(C)C)c6ccc3c4c65)cccc12. The van der Waals surface area contributed by atoms with Gasteiger partial charge in [0.25, 0.3) is 0 Å². The number of benzene rings is 12. The first-order valence-electron chi connectivity index (χ1n) is 28.7. The Morgan fingerprint density at radius 3 is 1.06 bits per heavy atom. The molecule has 390 valence electrons. The Balaban J connectivity index is 1.06. The summed E-state index contributed by atoms with van der Waals surface area (Å²) in [5, 5.41) is 11.9. The van der Waals surface area contributed by atoms with Crippen LogP contribution in [0.5, 0.6) is 0 Å². The highest BCUT2D eigenvalue weighted by Gasteiger charge is 2.29. The summed E-state index contributed by atoms with van der Waals surface area (Å²) in [6.07, 6.45) is 1.87. The quantitative estimate of drug-likeness (QED) is 0.114. The number of fused-ring (bicyclic) bond motifs is 6. The highest BCUT2D eigenvalue weighted by Crippen LogP contribution is 2.54. The number of hydrogen-bond donors (Lipinski definition) is 0. The molecule has 0 saturated heterocycles. The number of nitrogens with zero attached hydrogens (tertiary/aromatic N) is 2. The van der Waals surface area contributed by atoms with Crippen molar-refractivity contribution in [1.29, 1.82) is 0 Å². The van der Waals surface area contributed by atoms with Crippen LogP contribution < -0.4 is 9.80 Å². The molecule has 0 bridgehead atoms. The third kappa shape index (κ3) is 7.71. The predicted octanol–water partition coefficient (Wildman–Crippen LogP) is 22.6. The van der Waals surface area contributed by atoms with Gasteiger partial charge in [0.2, 0.25) is 0 Å². The molecule has 2 heterocycles. The van der Waals surface area contributed by atoms with Crippen molar-refractivity contribution in [3.63, 3.8) is 0 Å². The third-order valence-corrected chi connectivity index (χ3v) is 17.1. The number of anilines is 6. The monoisotopic (exact) mass is 1040 g/mol. The molecule has 0 atom stereocenters. The van der Waals surface area contributed by atoms with Crippen molar-refractivity contribution in [3.8, 4) is 22.3 Å². The topological polar surface area (TPSA) is 32.8 Å². The zero-order valence-electron chi connectivity index (χ0n) is 46.9. The molecule has 4 heteroatoms. The molecule has 0 saturated carbocycles. The first-order valence-corrected chi connectivity index (χ1v) is 28.7. The van der Waals surface area contributed by atoms with Gasteiger partial charge in [-0.1, -0.05) is 210 Å². The van der Waals surface area contributed by atoms with Gasteiger partial charge < -0.3 is 18.6 Å². The minimum atomic E-state index is 0.217. The van der Waals surface area contributed by atoms with Crippen molar-refractivity contribution >= 4 is 110 Å². The average Bonchev–Trinajstić information content (AvgIpc) is 4.13. The average molecular weight is 1040 g/mol. The van der Waals surface area contributed by atoms with E-state index in [1.807, 2.05) is 0 Å². The summed E-state index contributed by atoms with van der Waals surface area (Å²) in [5.74, 6) is 0.434. The Labute approximate surface area is 468 Å². The molecule has 80 heavy (non-hydrogen) atoms. The fourth-order valence-corrected chi connectivity index (χ4v) is 13.1. The molecule has 0 amide bonds. The number of furan rings is 2. The zero-order chi connectivity index (χ0) is 54.5. The van der Waals surface area contributed by atoms with E-state index >= 15 is 0 Å². The second kappa shape index (κ2) is 19.4. The van der Waals surface area contributed by atoms with E-state index < -0.39 is 0 Å². The van der Waals surface area contributed by atoms with Crippen LogP contribution in [0, 0.1) is 13.8 Å². The van der Waals surface area contributed by atoms with Gasteiger partial charge in [-0.15, -0.1) is 0 Å². The standard InChI is InChI=1S/C76H64N2O2/c1-9-49-19-11-13-21-53(49)57-23-15-25-59-61-27-17-29-67(75(61)79-73(57)59)77(51-35-31-47(7)32-36-51)69-43-65(45(3)4)55-40-42-64-70(44-66(46(5)6)56-39-41-63(69)71(55)72(56)64)78(52-37-33-48(8)34-38-52)68-30-18-28-62-60-26-16-24-58(74(60)80-76(62)68)54-22-14-12-20-50(54)10-2/h11-46H,9-10H2,1-8H3. The molecular formula is C76H64N2O2. The molecule has 14 aromatic rings. The molecule has 0 N–H and O–H groups in total. The lowest BCUT2D eigenvalue weighted by Gasteiger charge is -2.31. The van der Waals surface area contributed by atoms with Crippen LogP contribution in [0.15, 0.2) is 215 Å². The van der Waals surface area contributed by atoms with E-state index in [1.165, 1.54) is 76.8 Å². The minimum Gasteiger partial charge on any atom is -0.453 e. The Hall–Kier alpha value is -9.12. The summed E-state index contributed by atoms with van der Waals surface area (Å²) in [7, 11) is 0. The summed E-state index contributed by atoms with van der Waals surface area (Å²) in [5.41, 5.74) is 22.2. The fourth-order valence-electron chi connectivity index (χ4n) is 13.1. The summed E-state index contributed by atoms with van der Waals surface area (Å²) in [6.45, 7) is 18.1. The lowest BCUT2D eigenvalue weighted by molar-refractivity contribution is 0.669. The van der Waals surface area contributed by atoms with Crippen LogP contribution in [0.25, 0.3) is 98.4 Å². The van der Waals surface area contributed by atoms with E-state index in [9.17, 15) is 0 Å². The lowest BCUT2D eigenvalue weighted by Crippen LogP contribution is -2.13. The number of para-hydroxylation sites is 4. The van der Waals surface area contributed by atoms with Crippen LogP contribution in [0.3, 0.4) is 0 Å². The van der Waals surface area contributed by atoms with Gasteiger partial charge in [0.15, 0.2) is 11.2 Å². The van der Waals surface area contributed by atoms with Crippen molar-refractivity contribution in [2.24, 2.45) is 0 Å². The van der Waals surface area contributed by atoms with E-state index in [0.29, 0.717) is 0 Å². The minimum absolute atomic E-state index is 0.217. The molecular weight excluding hydrogens is 973 g/mol. The van der Waals surface area contributed by atoms with Crippen molar-refractivity contribution in [3.05, 3.63) is 240 Å². The molecule has 14 rings (SSSR count). The smallest absolute Gasteiger partial charge is 0.159 e. The van der Waals surface area contributed by atoms with E-state index in [-0.39, 0.29) is 11.8 Å². The van der Waals surface area contributed by atoms with E-state index in [0.717, 1.165) is 102 Å². The molecule has 0 radical (unpaired) electrons. The van der Waals surface area contributed by atoms with Crippen molar-refractivity contribution < 1.29 is 8.83 Å². The van der Waals surface area contributed by atoms with Crippen molar-refractivity contribution in [2.75, 3.05) is 9.80 Å². The van der Waals surface area contributed by atoms with Gasteiger partial charge in [-0.2, -0.15) is 0 Å². The van der Waals surface area contributed by atoms with Crippen LogP contribution in [0.1, 0.15) is 86.8 Å². The normalized spacial score (nSPS) is 12.1. The molecule has 0 aliphatic rings. The van der Waals surface area contributed by atoms with E-state index in [1.54, 1.807) is 0 Å². The third-order valence-electron chi connectivity index (χ3n) is 17.1. The van der Waals surface area contributed by atoms with Gasteiger partial charge in [0.05, 0.1) is 22.7 Å². The van der Waals surface area contributed by atoms with Gasteiger partial charge in [0, 0.05) is 54.8 Å².